The minimum atomic E-state index is -1.37. The fourth-order valence-electron chi connectivity index (χ4n) is 6.46. The van der Waals surface area contributed by atoms with Gasteiger partial charge in [-0.25, -0.2) is 14.2 Å². The van der Waals surface area contributed by atoms with Crippen LogP contribution in [0.3, 0.4) is 0 Å². The SMILES string of the molecule is Cc1nc2c(cc(-c3nnc(N(C)CCN4CCOCC4)o3)n2C)c(-c2cc(F)c3c(c2C)CCCO3)c1[C@H](OC(C)(C)C)C(=O)O. The number of likely N-dealkylation sites (N-methyl/N-ethyl adjacent to an activating group) is 1. The Morgan fingerprint density at radius 2 is 1.91 bits per heavy atom. The second-order valence-corrected chi connectivity index (χ2v) is 13.3. The molecule has 0 aliphatic carbocycles. The number of benzene rings is 1. The van der Waals surface area contributed by atoms with E-state index in [9.17, 15) is 9.90 Å². The van der Waals surface area contributed by atoms with Crippen molar-refractivity contribution in [3.8, 4) is 28.5 Å². The highest BCUT2D eigenvalue weighted by Gasteiger charge is 2.35. The Morgan fingerprint density at radius 3 is 2.62 bits per heavy atom. The quantitative estimate of drug-likeness (QED) is 0.261. The van der Waals surface area contributed by atoms with Crippen molar-refractivity contribution in [3.05, 3.63) is 40.3 Å². The summed E-state index contributed by atoms with van der Waals surface area (Å²) in [4.78, 5) is 22.0. The van der Waals surface area contributed by atoms with Gasteiger partial charge in [0.15, 0.2) is 17.7 Å². The third-order valence-electron chi connectivity index (χ3n) is 8.88. The number of aliphatic carboxylic acids is 1. The molecule has 1 N–H and O–H groups in total. The van der Waals surface area contributed by atoms with E-state index in [1.54, 1.807) is 27.7 Å². The summed E-state index contributed by atoms with van der Waals surface area (Å²) in [5.41, 5.74) is 3.89. The van der Waals surface area contributed by atoms with E-state index < -0.39 is 23.5 Å². The van der Waals surface area contributed by atoms with Gasteiger partial charge >= 0.3 is 12.0 Å². The van der Waals surface area contributed by atoms with Crippen molar-refractivity contribution in [2.75, 3.05) is 57.9 Å². The number of hydrogen-bond acceptors (Lipinski definition) is 10. The Balaban J connectivity index is 1.50. The van der Waals surface area contributed by atoms with E-state index in [0.717, 1.165) is 50.4 Å². The van der Waals surface area contributed by atoms with E-state index in [1.807, 2.05) is 36.6 Å². The molecule has 12 nitrogen and oxygen atoms in total. The Labute approximate surface area is 273 Å². The molecule has 2 aliphatic rings. The average molecular weight is 651 g/mol. The van der Waals surface area contributed by atoms with Gasteiger partial charge in [-0.3, -0.25) is 4.90 Å². The number of hydrogen-bond donors (Lipinski definition) is 1. The van der Waals surface area contributed by atoms with Crippen molar-refractivity contribution >= 4 is 23.0 Å². The van der Waals surface area contributed by atoms with Crippen LogP contribution in [0.15, 0.2) is 16.5 Å². The number of nitrogens with zero attached hydrogens (tertiary/aromatic N) is 6. The standard InChI is InChI=1S/C34H43FN6O6/c1-19-21-9-8-14-45-28(21)24(35)17-22(19)27-23-18-25(31-37-38-33(46-31)39(6)10-11-41-12-15-44-16-13-41)40(7)30(23)36-20(2)26(27)29(32(42)43)47-34(3,4)5/h17-18,29H,8-16H2,1-7H3,(H,42,43)/t29-/m0/s1. The molecule has 1 aromatic carbocycles. The van der Waals surface area contributed by atoms with Gasteiger partial charge in [-0.1, -0.05) is 5.10 Å². The summed E-state index contributed by atoms with van der Waals surface area (Å²) in [6, 6.07) is 3.67. The second kappa shape index (κ2) is 12.9. The zero-order valence-electron chi connectivity index (χ0n) is 28.1. The average Bonchev–Trinajstić information content (AvgIpc) is 3.65. The molecule has 0 bridgehead atoms. The van der Waals surface area contributed by atoms with Crippen LogP contribution in [-0.2, 0) is 27.7 Å². The molecule has 0 radical (unpaired) electrons. The number of carbonyl (C=O) groups is 1. The highest BCUT2D eigenvalue weighted by molar-refractivity contribution is 6.01. The molecule has 1 saturated heterocycles. The number of aryl methyl sites for hydroxylation is 2. The van der Waals surface area contributed by atoms with Crippen molar-refractivity contribution in [2.45, 2.75) is 59.2 Å². The first-order valence-electron chi connectivity index (χ1n) is 16.0. The van der Waals surface area contributed by atoms with Gasteiger partial charge in [0.1, 0.15) is 11.3 Å². The van der Waals surface area contributed by atoms with Crippen LogP contribution < -0.4 is 9.64 Å². The number of pyridine rings is 1. The molecule has 1 fully saturated rings. The predicted octanol–water partition coefficient (Wildman–Crippen LogP) is 5.08. The van der Waals surface area contributed by atoms with Gasteiger partial charge in [-0.05, 0) is 70.7 Å². The summed E-state index contributed by atoms with van der Waals surface area (Å²) in [5.74, 6) is -1.11. The van der Waals surface area contributed by atoms with Gasteiger partial charge in [0.05, 0.1) is 25.4 Å². The fourth-order valence-corrected chi connectivity index (χ4v) is 6.46. The smallest absolute Gasteiger partial charge is 0.337 e. The van der Waals surface area contributed by atoms with E-state index in [4.69, 9.17) is 23.6 Å². The van der Waals surface area contributed by atoms with Crippen LogP contribution in [0.25, 0.3) is 33.7 Å². The lowest BCUT2D eigenvalue weighted by Crippen LogP contribution is -2.40. The highest BCUT2D eigenvalue weighted by atomic mass is 19.1. The Morgan fingerprint density at radius 1 is 1.17 bits per heavy atom. The number of fused-ring (bicyclic) bond motifs is 2. The van der Waals surface area contributed by atoms with Crippen molar-refractivity contribution < 1.29 is 32.9 Å². The molecular formula is C34H43FN6O6. The maximum absolute atomic E-state index is 15.7. The van der Waals surface area contributed by atoms with Crippen LogP contribution in [0, 0.1) is 19.7 Å². The first-order valence-corrected chi connectivity index (χ1v) is 16.0. The first kappa shape index (κ1) is 32.9. The van der Waals surface area contributed by atoms with Crippen LogP contribution in [0.5, 0.6) is 5.75 Å². The monoisotopic (exact) mass is 650 g/mol. The summed E-state index contributed by atoms with van der Waals surface area (Å²) in [7, 11) is 3.75. The first-order chi connectivity index (χ1) is 22.3. The van der Waals surface area contributed by atoms with Crippen LogP contribution in [0.2, 0.25) is 0 Å². The number of halogens is 1. The van der Waals surface area contributed by atoms with Gasteiger partial charge in [0, 0.05) is 68.0 Å². The topological polar surface area (TPSA) is 128 Å². The third-order valence-corrected chi connectivity index (χ3v) is 8.88. The molecule has 5 heterocycles. The zero-order valence-corrected chi connectivity index (χ0v) is 28.1. The molecule has 4 aromatic rings. The largest absolute Gasteiger partial charge is 0.490 e. The highest BCUT2D eigenvalue weighted by Crippen LogP contribution is 2.45. The van der Waals surface area contributed by atoms with Crippen LogP contribution in [0.4, 0.5) is 10.4 Å². The van der Waals surface area contributed by atoms with Gasteiger partial charge in [-0.2, -0.15) is 0 Å². The third kappa shape index (κ3) is 6.43. The van der Waals surface area contributed by atoms with Crippen molar-refractivity contribution in [1.82, 2.24) is 24.6 Å². The normalized spacial score (nSPS) is 16.3. The van der Waals surface area contributed by atoms with Gasteiger partial charge in [-0.15, -0.1) is 5.10 Å². The van der Waals surface area contributed by atoms with Crippen LogP contribution >= 0.6 is 0 Å². The number of aromatic nitrogens is 4. The van der Waals surface area contributed by atoms with Gasteiger partial charge in [0.25, 0.3) is 5.89 Å². The molecule has 0 spiro atoms. The Kier molecular flexibility index (Phi) is 8.98. The van der Waals surface area contributed by atoms with Gasteiger partial charge < -0.3 is 33.2 Å². The van der Waals surface area contributed by atoms with E-state index in [2.05, 4.69) is 15.1 Å². The molecule has 47 heavy (non-hydrogen) atoms. The zero-order chi connectivity index (χ0) is 33.6. The minimum absolute atomic E-state index is 0.256. The summed E-state index contributed by atoms with van der Waals surface area (Å²) in [6.45, 7) is 14.3. The molecular weight excluding hydrogens is 607 g/mol. The Bertz CT molecular complexity index is 1810. The van der Waals surface area contributed by atoms with E-state index in [0.29, 0.717) is 64.7 Å². The van der Waals surface area contributed by atoms with Crippen molar-refractivity contribution in [2.24, 2.45) is 7.05 Å². The summed E-state index contributed by atoms with van der Waals surface area (Å²) in [5, 5.41) is 19.8. The number of carboxylic acids is 1. The van der Waals surface area contributed by atoms with Crippen LogP contribution in [0.1, 0.15) is 55.7 Å². The predicted molar refractivity (Wildman–Crippen MR) is 174 cm³/mol. The lowest BCUT2D eigenvalue weighted by atomic mass is 9.86. The number of anilines is 1. The lowest BCUT2D eigenvalue weighted by Gasteiger charge is -2.29. The van der Waals surface area contributed by atoms with Crippen molar-refractivity contribution in [3.63, 3.8) is 0 Å². The minimum Gasteiger partial charge on any atom is -0.490 e. The van der Waals surface area contributed by atoms with E-state index >= 15 is 4.39 Å². The summed E-state index contributed by atoms with van der Waals surface area (Å²) >= 11 is 0. The molecule has 1 atom stereocenters. The number of carboxylic acid groups (broad SMARTS) is 1. The van der Waals surface area contributed by atoms with E-state index in [1.165, 1.54) is 6.07 Å². The summed E-state index contributed by atoms with van der Waals surface area (Å²) < 4.78 is 41.1. The maximum atomic E-state index is 15.7. The second-order valence-electron chi connectivity index (χ2n) is 13.3. The molecule has 252 valence electrons. The molecule has 13 heteroatoms. The number of ether oxygens (including phenoxy) is 3. The molecule has 6 rings (SSSR count). The summed E-state index contributed by atoms with van der Waals surface area (Å²) in [6.07, 6.45) is 0.0457. The van der Waals surface area contributed by atoms with Crippen molar-refractivity contribution in [1.29, 1.82) is 0 Å². The van der Waals surface area contributed by atoms with Crippen LogP contribution in [-0.4, -0.2) is 94.4 Å². The molecule has 0 amide bonds. The molecule has 3 aromatic heterocycles. The Hall–Kier alpha value is -4.07. The molecule has 0 unspecified atom stereocenters. The molecule has 0 saturated carbocycles. The van der Waals surface area contributed by atoms with E-state index in [-0.39, 0.29) is 11.6 Å². The number of rotatable bonds is 9. The lowest BCUT2D eigenvalue weighted by molar-refractivity contribution is -0.160. The van der Waals surface area contributed by atoms with Gasteiger partial charge in [0.2, 0.25) is 0 Å². The fraction of sp³-hybridized carbons (Fsp3) is 0.529. The number of morpholine rings is 1. The maximum Gasteiger partial charge on any atom is 0.337 e. The molecule has 2 aliphatic heterocycles.